The summed E-state index contributed by atoms with van der Waals surface area (Å²) in [6.45, 7) is 9.76. The molecule has 0 aliphatic rings. The molecule has 0 aliphatic heterocycles. The Kier molecular flexibility index (Phi) is 6.29. The minimum atomic E-state index is 0.401. The largest absolute Gasteiger partial charge is 0.493 e. The maximum absolute atomic E-state index is 7.44. The van der Waals surface area contributed by atoms with Crippen LogP contribution in [-0.4, -0.2) is 44.9 Å². The van der Waals surface area contributed by atoms with E-state index in [1.807, 2.05) is 31.0 Å². The fourth-order valence-electron chi connectivity index (χ4n) is 3.24. The molecule has 1 aromatic carbocycles. The van der Waals surface area contributed by atoms with Crippen molar-refractivity contribution in [1.29, 1.82) is 0 Å². The molecule has 154 valence electrons. The highest BCUT2D eigenvalue weighted by molar-refractivity contribution is 7.22. The monoisotopic (exact) mass is 422 g/mol. The lowest BCUT2D eigenvalue weighted by Crippen LogP contribution is -2.19. The molecule has 2 heterocycles. The minimum absolute atomic E-state index is 0.401. The molecule has 2 aromatic heterocycles. The van der Waals surface area contributed by atoms with Crippen molar-refractivity contribution in [3.8, 4) is 29.6 Å². The van der Waals surface area contributed by atoms with Gasteiger partial charge in [-0.05, 0) is 30.2 Å². The van der Waals surface area contributed by atoms with Gasteiger partial charge in [-0.3, -0.25) is 0 Å². The molecule has 0 unspecified atom stereocenters. The molecule has 0 aliphatic carbocycles. The molecular weight excluding hydrogens is 400 g/mol. The summed E-state index contributed by atoms with van der Waals surface area (Å²) in [7, 11) is 6.62. The molecule has 0 radical (unpaired) electrons. The van der Waals surface area contributed by atoms with Gasteiger partial charge in [-0.25, -0.2) is 14.8 Å². The summed E-state index contributed by atoms with van der Waals surface area (Å²) in [5.74, 6) is 5.66. The molecule has 0 saturated heterocycles. The number of aromatic nitrogens is 2. The van der Waals surface area contributed by atoms with E-state index in [9.17, 15) is 0 Å². The van der Waals surface area contributed by atoms with Gasteiger partial charge in [0.25, 0.3) is 0 Å². The van der Waals surface area contributed by atoms with Crippen LogP contribution in [0.5, 0.6) is 17.2 Å². The van der Waals surface area contributed by atoms with Crippen molar-refractivity contribution < 1.29 is 14.2 Å². The van der Waals surface area contributed by atoms with Gasteiger partial charge in [0.2, 0.25) is 10.8 Å². The Morgan fingerprint density at radius 3 is 2.37 bits per heavy atom. The molecule has 3 rings (SSSR count). The van der Waals surface area contributed by atoms with Gasteiger partial charge in [0.05, 0.1) is 34.4 Å². The first-order valence-electron chi connectivity index (χ1n) is 9.08. The number of aryl methyl sites for hydroxylation is 1. The first-order chi connectivity index (χ1) is 14.5. The second-order valence-corrected chi connectivity index (χ2v) is 7.54. The number of methoxy groups -OCH3 is 3. The number of rotatable bonds is 7. The molecule has 30 heavy (non-hydrogen) atoms. The van der Waals surface area contributed by atoms with Crippen LogP contribution in [0.3, 0.4) is 0 Å². The average Bonchev–Trinajstić information content (AvgIpc) is 3.08. The van der Waals surface area contributed by atoms with Gasteiger partial charge in [-0.1, -0.05) is 5.92 Å². The number of fused-ring (bicyclic) bond motifs is 1. The molecular formula is C22H22N4O3S. The lowest BCUT2D eigenvalue weighted by atomic mass is 10.1. The number of anilines is 1. The Bertz CT molecular complexity index is 1150. The Balaban J connectivity index is 2.13. The second-order valence-electron chi connectivity index (χ2n) is 6.56. The summed E-state index contributed by atoms with van der Waals surface area (Å²) in [4.78, 5) is 15.8. The number of benzene rings is 1. The zero-order chi connectivity index (χ0) is 21.8. The number of thiophene rings is 1. The zero-order valence-corrected chi connectivity index (χ0v) is 18.4. The third kappa shape index (κ3) is 3.83. The van der Waals surface area contributed by atoms with E-state index < -0.39 is 0 Å². The van der Waals surface area contributed by atoms with Crippen LogP contribution < -0.4 is 19.1 Å². The number of terminal acetylenes is 1. The number of hydrogen-bond acceptors (Lipinski definition) is 7. The Morgan fingerprint density at radius 2 is 1.83 bits per heavy atom. The standard InChI is InChI=1S/C22H22N4O3S/c1-8-9-26(4)20-18-13(2)21(23-3)30-22(18)25-17(24-20)12-14-10-15(27-5)19(29-7)16(11-14)28-6/h1,10-11H,9,12H2,2,4-7H3. The minimum Gasteiger partial charge on any atom is -0.493 e. The van der Waals surface area contributed by atoms with Crippen LogP contribution in [0, 0.1) is 25.8 Å². The second kappa shape index (κ2) is 8.89. The highest BCUT2D eigenvalue weighted by Gasteiger charge is 2.20. The molecule has 0 saturated carbocycles. The average molecular weight is 423 g/mol. The van der Waals surface area contributed by atoms with Gasteiger partial charge in [0, 0.05) is 18.9 Å². The topological polar surface area (TPSA) is 61.1 Å². The van der Waals surface area contributed by atoms with Crippen molar-refractivity contribution in [1.82, 2.24) is 9.97 Å². The maximum Gasteiger partial charge on any atom is 0.246 e. The van der Waals surface area contributed by atoms with Crippen LogP contribution in [-0.2, 0) is 6.42 Å². The molecule has 0 bridgehead atoms. The van der Waals surface area contributed by atoms with Crippen LogP contribution in [0.4, 0.5) is 10.8 Å². The number of ether oxygens (including phenoxy) is 3. The van der Waals surface area contributed by atoms with Crippen molar-refractivity contribution in [3.63, 3.8) is 0 Å². The van der Waals surface area contributed by atoms with Gasteiger partial charge in [-0.2, -0.15) is 0 Å². The third-order valence-electron chi connectivity index (χ3n) is 4.67. The fraction of sp³-hybridized carbons (Fsp3) is 0.318. The molecule has 0 amide bonds. The third-order valence-corrected chi connectivity index (χ3v) is 5.75. The van der Waals surface area contributed by atoms with E-state index in [1.54, 1.807) is 21.3 Å². The maximum atomic E-state index is 7.44. The molecule has 0 fully saturated rings. The van der Waals surface area contributed by atoms with E-state index >= 15 is 0 Å². The first kappa shape index (κ1) is 21.2. The normalized spacial score (nSPS) is 10.4. The molecule has 0 atom stereocenters. The van der Waals surface area contributed by atoms with Crippen LogP contribution in [0.15, 0.2) is 12.1 Å². The first-order valence-corrected chi connectivity index (χ1v) is 9.89. The summed E-state index contributed by atoms with van der Waals surface area (Å²) < 4.78 is 16.3. The van der Waals surface area contributed by atoms with E-state index in [0.717, 1.165) is 27.2 Å². The van der Waals surface area contributed by atoms with Crippen LogP contribution in [0.1, 0.15) is 17.0 Å². The summed E-state index contributed by atoms with van der Waals surface area (Å²) in [5.41, 5.74) is 1.79. The zero-order valence-electron chi connectivity index (χ0n) is 17.6. The SMILES string of the molecule is [C-]#[N+]c1sc2nc(Cc3cc(OC)c(OC)c(OC)c3)nc(N(C)CC#C)c2c1C. The number of nitrogens with zero attached hydrogens (tertiary/aromatic N) is 4. The fourth-order valence-corrected chi connectivity index (χ4v) is 4.22. The van der Waals surface area contributed by atoms with Gasteiger partial charge in [0.1, 0.15) is 16.5 Å². The predicted octanol–water partition coefficient (Wildman–Crippen LogP) is 4.24. The predicted molar refractivity (Wildman–Crippen MR) is 119 cm³/mol. The van der Waals surface area contributed by atoms with Crippen molar-refractivity contribution in [2.45, 2.75) is 13.3 Å². The van der Waals surface area contributed by atoms with Crippen LogP contribution in [0.25, 0.3) is 15.1 Å². The van der Waals surface area contributed by atoms with Gasteiger partial charge < -0.3 is 19.1 Å². The van der Waals surface area contributed by atoms with Gasteiger partial charge >= 0.3 is 0 Å². The highest BCUT2D eigenvalue weighted by Crippen LogP contribution is 2.41. The van der Waals surface area contributed by atoms with Crippen molar-refractivity contribution in [3.05, 3.63) is 40.5 Å². The van der Waals surface area contributed by atoms with E-state index in [2.05, 4.69) is 10.8 Å². The lowest BCUT2D eigenvalue weighted by Gasteiger charge is -2.18. The molecule has 3 aromatic rings. The molecule has 8 heteroatoms. The van der Waals surface area contributed by atoms with E-state index in [1.165, 1.54) is 11.3 Å². The molecule has 0 spiro atoms. The summed E-state index contributed by atoms with van der Waals surface area (Å²) >= 11 is 1.37. The molecule has 0 N–H and O–H groups in total. The van der Waals surface area contributed by atoms with E-state index in [0.29, 0.717) is 41.0 Å². The molecule has 7 nitrogen and oxygen atoms in total. The highest BCUT2D eigenvalue weighted by atomic mass is 32.1. The summed E-state index contributed by atoms with van der Waals surface area (Å²) in [6.07, 6.45) is 5.96. The van der Waals surface area contributed by atoms with Crippen LogP contribution in [0.2, 0.25) is 0 Å². The smallest absolute Gasteiger partial charge is 0.246 e. The quantitative estimate of drug-likeness (QED) is 0.419. The van der Waals surface area contributed by atoms with Crippen LogP contribution >= 0.6 is 11.3 Å². The van der Waals surface area contributed by atoms with E-state index in [4.69, 9.17) is 37.2 Å². The summed E-state index contributed by atoms with van der Waals surface area (Å²) in [6, 6.07) is 3.76. The van der Waals surface area contributed by atoms with Crippen molar-refractivity contribution in [2.24, 2.45) is 0 Å². The summed E-state index contributed by atoms with van der Waals surface area (Å²) in [5, 5.41) is 1.48. The Morgan fingerprint density at radius 1 is 1.17 bits per heavy atom. The Labute approximate surface area is 180 Å². The Hall–Kier alpha value is -3.49. The van der Waals surface area contributed by atoms with Gasteiger partial charge in [0.15, 0.2) is 11.5 Å². The number of hydrogen-bond donors (Lipinski definition) is 0. The van der Waals surface area contributed by atoms with E-state index in [-0.39, 0.29) is 0 Å². The van der Waals surface area contributed by atoms with Gasteiger partial charge in [-0.15, -0.1) is 17.8 Å². The van der Waals surface area contributed by atoms with Crippen molar-refractivity contribution >= 4 is 32.4 Å². The lowest BCUT2D eigenvalue weighted by molar-refractivity contribution is 0.324. The van der Waals surface area contributed by atoms with Crippen molar-refractivity contribution in [2.75, 3.05) is 39.8 Å².